The molecule has 0 atom stereocenters. The Morgan fingerprint density at radius 3 is 2.50 bits per heavy atom. The third-order valence-electron chi connectivity index (χ3n) is 4.00. The molecule has 0 fully saturated rings. The molecule has 0 saturated heterocycles. The summed E-state index contributed by atoms with van der Waals surface area (Å²) >= 11 is 0. The monoisotopic (exact) mass is 322 g/mol. The molecule has 0 radical (unpaired) electrons. The molecule has 0 aliphatic heterocycles. The molecule has 3 aromatic rings. The SMILES string of the molecule is CC(=O)c1ccc2cc(-c3ccc(OCCN(C)C)cc3)[nH]c2c1. The van der Waals surface area contributed by atoms with E-state index in [1.54, 1.807) is 6.92 Å². The van der Waals surface area contributed by atoms with Crippen molar-refractivity contribution in [1.82, 2.24) is 9.88 Å². The summed E-state index contributed by atoms with van der Waals surface area (Å²) in [5.74, 6) is 0.947. The molecule has 1 N–H and O–H groups in total. The van der Waals surface area contributed by atoms with Crippen LogP contribution in [0, 0.1) is 0 Å². The number of ketones is 1. The summed E-state index contributed by atoms with van der Waals surface area (Å²) in [4.78, 5) is 17.0. The van der Waals surface area contributed by atoms with Crippen LogP contribution in [0.2, 0.25) is 0 Å². The van der Waals surface area contributed by atoms with Crippen molar-refractivity contribution in [1.29, 1.82) is 0 Å². The van der Waals surface area contributed by atoms with Gasteiger partial charge in [0.2, 0.25) is 0 Å². The molecule has 1 heterocycles. The highest BCUT2D eigenvalue weighted by Gasteiger charge is 2.06. The maximum atomic E-state index is 11.5. The van der Waals surface area contributed by atoms with Gasteiger partial charge in [-0.2, -0.15) is 0 Å². The van der Waals surface area contributed by atoms with Crippen LogP contribution in [-0.4, -0.2) is 42.9 Å². The van der Waals surface area contributed by atoms with E-state index in [9.17, 15) is 4.79 Å². The zero-order valence-corrected chi connectivity index (χ0v) is 14.3. The molecule has 0 bridgehead atoms. The number of likely N-dealkylation sites (N-methyl/N-ethyl adjacent to an activating group) is 1. The third-order valence-corrected chi connectivity index (χ3v) is 4.00. The van der Waals surface area contributed by atoms with Crippen LogP contribution in [0.3, 0.4) is 0 Å². The van der Waals surface area contributed by atoms with Crippen molar-refractivity contribution in [3.8, 4) is 17.0 Å². The van der Waals surface area contributed by atoms with Crippen molar-refractivity contribution < 1.29 is 9.53 Å². The number of aromatic nitrogens is 1. The lowest BCUT2D eigenvalue weighted by molar-refractivity contribution is 0.101. The van der Waals surface area contributed by atoms with Gasteiger partial charge < -0.3 is 14.6 Å². The number of benzene rings is 2. The maximum Gasteiger partial charge on any atom is 0.159 e. The zero-order valence-electron chi connectivity index (χ0n) is 14.3. The Hall–Kier alpha value is -2.59. The standard InChI is InChI=1S/C20H22N2O2/c1-14(23)16-4-5-17-13-19(21-20(17)12-16)15-6-8-18(9-7-15)24-11-10-22(2)3/h4-9,12-13,21H,10-11H2,1-3H3. The van der Waals surface area contributed by atoms with E-state index in [-0.39, 0.29) is 5.78 Å². The van der Waals surface area contributed by atoms with E-state index in [1.807, 2.05) is 56.6 Å². The van der Waals surface area contributed by atoms with E-state index in [4.69, 9.17) is 4.74 Å². The maximum absolute atomic E-state index is 11.5. The summed E-state index contributed by atoms with van der Waals surface area (Å²) < 4.78 is 5.72. The number of hydrogen-bond acceptors (Lipinski definition) is 3. The number of carbonyl (C=O) groups excluding carboxylic acids is 1. The molecule has 0 aliphatic rings. The third kappa shape index (κ3) is 3.66. The normalized spacial score (nSPS) is 11.2. The number of nitrogens with zero attached hydrogens (tertiary/aromatic N) is 1. The minimum absolute atomic E-state index is 0.0762. The van der Waals surface area contributed by atoms with Gasteiger partial charge in [-0.3, -0.25) is 4.79 Å². The summed E-state index contributed by atoms with van der Waals surface area (Å²) in [5, 5.41) is 1.10. The van der Waals surface area contributed by atoms with Crippen molar-refractivity contribution in [2.45, 2.75) is 6.92 Å². The fourth-order valence-corrected chi connectivity index (χ4v) is 2.58. The lowest BCUT2D eigenvalue weighted by atomic mass is 10.1. The van der Waals surface area contributed by atoms with Gasteiger partial charge in [0.15, 0.2) is 5.78 Å². The van der Waals surface area contributed by atoms with Crippen LogP contribution < -0.4 is 4.74 Å². The Morgan fingerprint density at radius 1 is 1.08 bits per heavy atom. The van der Waals surface area contributed by atoms with Crippen LogP contribution >= 0.6 is 0 Å². The average molecular weight is 322 g/mol. The average Bonchev–Trinajstić information content (AvgIpc) is 2.98. The molecule has 0 unspecified atom stereocenters. The number of carbonyl (C=O) groups is 1. The highest BCUT2D eigenvalue weighted by atomic mass is 16.5. The van der Waals surface area contributed by atoms with Crippen molar-refractivity contribution >= 4 is 16.7 Å². The molecular formula is C20H22N2O2. The molecule has 4 nitrogen and oxygen atoms in total. The first-order valence-corrected chi connectivity index (χ1v) is 8.04. The van der Waals surface area contributed by atoms with E-state index in [0.29, 0.717) is 6.61 Å². The first-order chi connectivity index (χ1) is 11.5. The molecule has 2 aromatic carbocycles. The lowest BCUT2D eigenvalue weighted by Gasteiger charge is -2.11. The second-order valence-electron chi connectivity index (χ2n) is 6.22. The van der Waals surface area contributed by atoms with E-state index >= 15 is 0 Å². The lowest BCUT2D eigenvalue weighted by Crippen LogP contribution is -2.19. The fraction of sp³-hybridized carbons (Fsp3) is 0.250. The summed E-state index contributed by atoms with van der Waals surface area (Å²) in [6, 6.07) is 15.9. The van der Waals surface area contributed by atoms with E-state index in [2.05, 4.69) is 16.0 Å². The molecule has 0 amide bonds. The Bertz CT molecular complexity index is 848. The topological polar surface area (TPSA) is 45.3 Å². The molecule has 3 rings (SSSR count). The Labute approximate surface area is 142 Å². The second kappa shape index (κ2) is 6.89. The second-order valence-corrected chi connectivity index (χ2v) is 6.22. The first-order valence-electron chi connectivity index (χ1n) is 8.04. The highest BCUT2D eigenvalue weighted by molar-refractivity contribution is 5.98. The number of aromatic amines is 1. The van der Waals surface area contributed by atoms with Crippen LogP contribution in [0.15, 0.2) is 48.5 Å². The van der Waals surface area contributed by atoms with Gasteiger partial charge in [0.05, 0.1) is 0 Å². The smallest absolute Gasteiger partial charge is 0.159 e. The number of rotatable bonds is 6. The van der Waals surface area contributed by atoms with Gasteiger partial charge in [-0.1, -0.05) is 12.1 Å². The predicted octanol–water partition coefficient (Wildman–Crippen LogP) is 3.98. The number of H-pyrrole nitrogens is 1. The van der Waals surface area contributed by atoms with Gasteiger partial charge in [-0.15, -0.1) is 0 Å². The van der Waals surface area contributed by atoms with Crippen molar-refractivity contribution in [3.63, 3.8) is 0 Å². The van der Waals surface area contributed by atoms with Gasteiger partial charge >= 0.3 is 0 Å². The van der Waals surface area contributed by atoms with Crippen LogP contribution in [0.4, 0.5) is 0 Å². The fourth-order valence-electron chi connectivity index (χ4n) is 2.58. The molecule has 4 heteroatoms. The molecule has 0 spiro atoms. The number of ether oxygens (including phenoxy) is 1. The van der Waals surface area contributed by atoms with Crippen molar-refractivity contribution in [2.24, 2.45) is 0 Å². The number of fused-ring (bicyclic) bond motifs is 1. The van der Waals surface area contributed by atoms with Crippen LogP contribution in [0.1, 0.15) is 17.3 Å². The van der Waals surface area contributed by atoms with Crippen LogP contribution in [0.5, 0.6) is 5.75 Å². The largest absolute Gasteiger partial charge is 0.492 e. The van der Waals surface area contributed by atoms with Crippen molar-refractivity contribution in [2.75, 3.05) is 27.2 Å². The Kier molecular flexibility index (Phi) is 4.67. The minimum Gasteiger partial charge on any atom is -0.492 e. The van der Waals surface area contributed by atoms with Crippen LogP contribution in [-0.2, 0) is 0 Å². The number of Topliss-reactive ketones (excluding diaryl/α,β-unsaturated/α-hetero) is 1. The zero-order chi connectivity index (χ0) is 17.1. The Balaban J connectivity index is 1.78. The van der Waals surface area contributed by atoms with Crippen LogP contribution in [0.25, 0.3) is 22.2 Å². The summed E-state index contributed by atoms with van der Waals surface area (Å²) in [6.07, 6.45) is 0. The number of nitrogens with one attached hydrogen (secondary N) is 1. The van der Waals surface area contributed by atoms with Gasteiger partial charge in [0.1, 0.15) is 12.4 Å². The molecule has 0 saturated carbocycles. The summed E-state index contributed by atoms with van der Waals surface area (Å²) in [6.45, 7) is 3.15. The minimum atomic E-state index is 0.0762. The molecule has 0 aliphatic carbocycles. The first kappa shape index (κ1) is 16.3. The molecule has 1 aromatic heterocycles. The van der Waals surface area contributed by atoms with E-state index in [0.717, 1.165) is 40.0 Å². The summed E-state index contributed by atoms with van der Waals surface area (Å²) in [5.41, 5.74) is 3.82. The molecule has 24 heavy (non-hydrogen) atoms. The number of hydrogen-bond donors (Lipinski definition) is 1. The van der Waals surface area contributed by atoms with Gasteiger partial charge in [0, 0.05) is 28.7 Å². The molecular weight excluding hydrogens is 300 g/mol. The van der Waals surface area contributed by atoms with Crippen molar-refractivity contribution in [3.05, 3.63) is 54.1 Å². The molecule has 124 valence electrons. The summed E-state index contributed by atoms with van der Waals surface area (Å²) in [7, 11) is 4.06. The predicted molar refractivity (Wildman–Crippen MR) is 97.8 cm³/mol. The van der Waals surface area contributed by atoms with E-state index in [1.165, 1.54) is 0 Å². The quantitative estimate of drug-likeness (QED) is 0.698. The Morgan fingerprint density at radius 2 is 1.83 bits per heavy atom. The van der Waals surface area contributed by atoms with Gasteiger partial charge in [-0.25, -0.2) is 0 Å². The van der Waals surface area contributed by atoms with Gasteiger partial charge in [-0.05, 0) is 63.0 Å². The van der Waals surface area contributed by atoms with Gasteiger partial charge in [0.25, 0.3) is 0 Å². The van der Waals surface area contributed by atoms with E-state index < -0.39 is 0 Å². The highest BCUT2D eigenvalue weighted by Crippen LogP contribution is 2.26.